The van der Waals surface area contributed by atoms with Crippen molar-refractivity contribution in [2.75, 3.05) is 0 Å². The first-order valence-electron chi connectivity index (χ1n) is 5.93. The summed E-state index contributed by atoms with van der Waals surface area (Å²) in [7, 11) is 0. The first-order valence-corrected chi connectivity index (χ1v) is 6.30. The van der Waals surface area contributed by atoms with E-state index < -0.39 is 5.83 Å². The normalized spacial score (nSPS) is 13.6. The lowest BCUT2D eigenvalue weighted by Crippen LogP contribution is -1.95. The Morgan fingerprint density at radius 3 is 2.79 bits per heavy atom. The van der Waals surface area contributed by atoms with Gasteiger partial charge in [-0.2, -0.15) is 0 Å². The maximum absolute atomic E-state index is 13.8. The van der Waals surface area contributed by atoms with E-state index in [1.54, 1.807) is 13.8 Å². The number of hydrogen-bond donors (Lipinski definition) is 0. The second-order valence-corrected chi connectivity index (χ2v) is 4.44. The summed E-state index contributed by atoms with van der Waals surface area (Å²) in [4.78, 5) is 12.4. The molecule has 0 aliphatic carbocycles. The van der Waals surface area contributed by atoms with E-state index in [0.29, 0.717) is 12.2 Å². The summed E-state index contributed by atoms with van der Waals surface area (Å²) in [6.45, 7) is 3.36. The highest BCUT2D eigenvalue weighted by Gasteiger charge is 2.08. The first-order chi connectivity index (χ1) is 9.13. The van der Waals surface area contributed by atoms with Gasteiger partial charge in [0.15, 0.2) is 11.6 Å². The molecule has 19 heavy (non-hydrogen) atoms. The van der Waals surface area contributed by atoms with Crippen LogP contribution in [-0.4, -0.2) is 15.7 Å². The lowest BCUT2D eigenvalue weighted by molar-refractivity contribution is 0.670. The molecule has 0 amide bonds. The third-order valence-electron chi connectivity index (χ3n) is 2.66. The van der Waals surface area contributed by atoms with Crippen LogP contribution in [0.15, 0.2) is 46.4 Å². The molecule has 0 unspecified atom stereocenters. The van der Waals surface area contributed by atoms with E-state index in [9.17, 15) is 4.39 Å². The third-order valence-corrected chi connectivity index (χ3v) is 3.09. The van der Waals surface area contributed by atoms with Gasteiger partial charge in [0.25, 0.3) is 0 Å². The zero-order chi connectivity index (χ0) is 13.8. The average molecular weight is 278 g/mol. The number of aliphatic imine (C=N–C) groups is 1. The van der Waals surface area contributed by atoms with Gasteiger partial charge in [-0.25, -0.2) is 19.4 Å². The highest BCUT2D eigenvalue weighted by molar-refractivity contribution is 6.31. The molecule has 0 aliphatic rings. The number of para-hydroxylation sites is 1. The molecule has 0 fully saturated rings. The van der Waals surface area contributed by atoms with Crippen LogP contribution in [0.2, 0.25) is 0 Å². The zero-order valence-corrected chi connectivity index (χ0v) is 11.4. The van der Waals surface area contributed by atoms with E-state index in [2.05, 4.69) is 15.0 Å². The minimum Gasteiger partial charge on any atom is -0.236 e. The number of aromatic nitrogens is 2. The Hall–Kier alpha value is -1.81. The molecule has 2 aromatic rings. The number of rotatable bonds is 3. The van der Waals surface area contributed by atoms with Crippen molar-refractivity contribution in [3.63, 3.8) is 0 Å². The van der Waals surface area contributed by atoms with E-state index in [-0.39, 0.29) is 10.7 Å². The molecule has 0 N–H and O–H groups in total. The predicted octanol–water partition coefficient (Wildman–Crippen LogP) is 4.55. The highest BCUT2D eigenvalue weighted by atomic mass is 35.5. The molecule has 0 radical (unpaired) electrons. The van der Waals surface area contributed by atoms with Crippen molar-refractivity contribution in [1.82, 2.24) is 9.97 Å². The summed E-state index contributed by atoms with van der Waals surface area (Å²) < 4.78 is 13.8. The maximum atomic E-state index is 13.8. The monoisotopic (exact) mass is 277 g/mol. The Bertz CT molecular complexity index is 659. The second-order valence-electron chi connectivity index (χ2n) is 3.98. The molecule has 3 nitrogen and oxygen atoms in total. The number of hydrogen-bond acceptors (Lipinski definition) is 3. The molecule has 5 heteroatoms. The quantitative estimate of drug-likeness (QED) is 0.772. The molecule has 1 aromatic carbocycles. The van der Waals surface area contributed by atoms with Crippen LogP contribution in [-0.2, 0) is 0 Å². The summed E-state index contributed by atoms with van der Waals surface area (Å²) in [6, 6.07) is 7.45. The van der Waals surface area contributed by atoms with Crippen LogP contribution in [0.1, 0.15) is 20.3 Å². The van der Waals surface area contributed by atoms with Gasteiger partial charge in [0, 0.05) is 5.39 Å². The van der Waals surface area contributed by atoms with E-state index in [1.807, 2.05) is 24.3 Å². The van der Waals surface area contributed by atoms with Gasteiger partial charge in [0.2, 0.25) is 0 Å². The minimum atomic E-state index is -0.494. The van der Waals surface area contributed by atoms with Crippen LogP contribution < -0.4 is 0 Å². The lowest BCUT2D eigenvalue weighted by Gasteiger charge is -2.02. The summed E-state index contributed by atoms with van der Waals surface area (Å²) in [5, 5.41) is 0.949. The predicted molar refractivity (Wildman–Crippen MR) is 76.6 cm³/mol. The summed E-state index contributed by atoms with van der Waals surface area (Å²) in [5.41, 5.74) is 0.991. The zero-order valence-electron chi connectivity index (χ0n) is 10.7. The van der Waals surface area contributed by atoms with Crippen LogP contribution in [0.4, 0.5) is 10.2 Å². The number of nitrogens with zero attached hydrogens (tertiary/aromatic N) is 3. The largest absolute Gasteiger partial charge is 0.236 e. The molecule has 0 aliphatic heterocycles. The van der Waals surface area contributed by atoms with Gasteiger partial charge in [0.05, 0.1) is 16.3 Å². The Balaban J connectivity index is 2.52. The average Bonchev–Trinajstić information content (AvgIpc) is 2.46. The smallest absolute Gasteiger partial charge is 0.163 e. The molecule has 0 atom stereocenters. The minimum absolute atomic E-state index is 0.166. The molecule has 0 saturated carbocycles. The van der Waals surface area contributed by atoms with Crippen LogP contribution in [0.5, 0.6) is 0 Å². The lowest BCUT2D eigenvalue weighted by atomic mass is 10.2. The van der Waals surface area contributed by atoms with Crippen LogP contribution >= 0.6 is 11.6 Å². The molecule has 2 rings (SSSR count). The van der Waals surface area contributed by atoms with Gasteiger partial charge >= 0.3 is 0 Å². The Morgan fingerprint density at radius 2 is 2.05 bits per heavy atom. The standard InChI is InChI=1S/C14H13ClFN3/c1-3-11(15)13(16)9(2)19-14-10-6-4-5-7-12(10)17-8-18-14/h4-8H,3H2,1-2H3/b13-11-,19-9?. The van der Waals surface area contributed by atoms with Crippen molar-refractivity contribution in [3.8, 4) is 0 Å². The third kappa shape index (κ3) is 2.96. The van der Waals surface area contributed by atoms with Gasteiger partial charge in [-0.1, -0.05) is 30.7 Å². The van der Waals surface area contributed by atoms with Gasteiger partial charge in [-0.15, -0.1) is 0 Å². The molecule has 1 aromatic heterocycles. The van der Waals surface area contributed by atoms with Crippen molar-refractivity contribution < 1.29 is 4.39 Å². The molecule has 98 valence electrons. The topological polar surface area (TPSA) is 38.1 Å². The van der Waals surface area contributed by atoms with Crippen LogP contribution in [0, 0.1) is 0 Å². The van der Waals surface area contributed by atoms with Gasteiger partial charge < -0.3 is 0 Å². The SMILES string of the molecule is CC/C(Cl)=C(/F)C(C)=Nc1ncnc2ccccc12. The number of fused-ring (bicyclic) bond motifs is 1. The second kappa shape index (κ2) is 5.89. The fourth-order valence-corrected chi connectivity index (χ4v) is 1.78. The van der Waals surface area contributed by atoms with E-state index >= 15 is 0 Å². The van der Waals surface area contributed by atoms with Gasteiger partial charge in [0.1, 0.15) is 6.33 Å². The van der Waals surface area contributed by atoms with Crippen LogP contribution in [0.25, 0.3) is 10.9 Å². The molecular weight excluding hydrogens is 265 g/mol. The summed E-state index contributed by atoms with van der Waals surface area (Å²) >= 11 is 5.79. The summed E-state index contributed by atoms with van der Waals surface area (Å²) in [5.74, 6) is -0.0503. The van der Waals surface area contributed by atoms with E-state index in [1.165, 1.54) is 6.33 Å². The van der Waals surface area contributed by atoms with E-state index in [4.69, 9.17) is 11.6 Å². The molecule has 0 bridgehead atoms. The molecule has 0 saturated heterocycles. The molecular formula is C14H13ClFN3. The van der Waals surface area contributed by atoms with Crippen molar-refractivity contribution in [3.05, 3.63) is 41.5 Å². The van der Waals surface area contributed by atoms with Gasteiger partial charge in [-0.3, -0.25) is 0 Å². The van der Waals surface area contributed by atoms with Crippen LogP contribution in [0.3, 0.4) is 0 Å². The summed E-state index contributed by atoms with van der Waals surface area (Å²) in [6.07, 6.45) is 1.85. The molecule has 0 spiro atoms. The number of benzene rings is 1. The Labute approximate surface area is 115 Å². The Morgan fingerprint density at radius 1 is 1.32 bits per heavy atom. The fourth-order valence-electron chi connectivity index (χ4n) is 1.64. The Kier molecular flexibility index (Phi) is 4.22. The fraction of sp³-hybridized carbons (Fsp3) is 0.214. The maximum Gasteiger partial charge on any atom is 0.163 e. The van der Waals surface area contributed by atoms with Crippen molar-refractivity contribution in [2.45, 2.75) is 20.3 Å². The first kappa shape index (κ1) is 13.6. The van der Waals surface area contributed by atoms with Gasteiger partial charge in [-0.05, 0) is 25.5 Å². The number of allylic oxidation sites excluding steroid dienone is 2. The van der Waals surface area contributed by atoms with E-state index in [0.717, 1.165) is 10.9 Å². The number of halogens is 2. The molecule has 1 heterocycles. The van der Waals surface area contributed by atoms with Crippen molar-refractivity contribution in [2.24, 2.45) is 4.99 Å². The highest BCUT2D eigenvalue weighted by Crippen LogP contribution is 2.23. The van der Waals surface area contributed by atoms with Crippen molar-refractivity contribution in [1.29, 1.82) is 0 Å². The van der Waals surface area contributed by atoms with Crippen molar-refractivity contribution >= 4 is 34.0 Å².